The summed E-state index contributed by atoms with van der Waals surface area (Å²) in [6, 6.07) is 0. The molecule has 2 aliphatic rings. The fourth-order valence-corrected chi connectivity index (χ4v) is 2.66. The maximum absolute atomic E-state index is 13.2. The van der Waals surface area contributed by atoms with Crippen LogP contribution in [-0.4, -0.2) is 46.3 Å². The van der Waals surface area contributed by atoms with E-state index in [1.165, 1.54) is 36.9 Å². The lowest BCUT2D eigenvalue weighted by molar-refractivity contribution is 0.374. The molecule has 0 radical (unpaired) electrons. The number of nitrogens with one attached hydrogen (secondary N) is 2. The molecule has 0 spiro atoms. The number of hydrogen-bond donors (Lipinski definition) is 3. The number of nitrogen functional groups attached to an aromatic ring is 1. The number of fused-ring (bicyclic) bond motifs is 1. The SMILES string of the molecule is C1CCNCC1.CN1C=C(c2cnn3c(N)c(F)cnc23)CN1. The van der Waals surface area contributed by atoms with Gasteiger partial charge >= 0.3 is 0 Å². The van der Waals surface area contributed by atoms with E-state index < -0.39 is 5.82 Å². The zero-order chi connectivity index (χ0) is 16.2. The van der Waals surface area contributed by atoms with Gasteiger partial charge in [0.2, 0.25) is 0 Å². The minimum atomic E-state index is -0.567. The van der Waals surface area contributed by atoms with Gasteiger partial charge in [-0.15, -0.1) is 0 Å². The molecule has 0 unspecified atom stereocenters. The number of hydrogen-bond acceptors (Lipinski definition) is 6. The molecule has 7 nitrogen and oxygen atoms in total. The lowest BCUT2D eigenvalue weighted by atomic mass is 10.1. The first kappa shape index (κ1) is 15.7. The molecular weight excluding hydrogens is 297 g/mol. The van der Waals surface area contributed by atoms with Gasteiger partial charge in [0.15, 0.2) is 17.3 Å². The van der Waals surface area contributed by atoms with Crippen LogP contribution in [0.3, 0.4) is 0 Å². The van der Waals surface area contributed by atoms with E-state index in [0.717, 1.165) is 17.3 Å². The molecule has 0 amide bonds. The van der Waals surface area contributed by atoms with Crippen LogP contribution in [0.25, 0.3) is 11.2 Å². The van der Waals surface area contributed by atoms with Gasteiger partial charge in [0.1, 0.15) is 0 Å². The van der Waals surface area contributed by atoms with E-state index in [9.17, 15) is 4.39 Å². The van der Waals surface area contributed by atoms with E-state index >= 15 is 0 Å². The van der Waals surface area contributed by atoms with Gasteiger partial charge in [0, 0.05) is 25.4 Å². The van der Waals surface area contributed by atoms with Gasteiger partial charge in [-0.05, 0) is 31.5 Å². The zero-order valence-electron chi connectivity index (χ0n) is 13.2. The number of aromatic nitrogens is 3. The van der Waals surface area contributed by atoms with Crippen molar-refractivity contribution in [3.05, 3.63) is 30.0 Å². The first-order valence-corrected chi connectivity index (χ1v) is 7.82. The number of anilines is 1. The Morgan fingerprint density at radius 1 is 1.22 bits per heavy atom. The Labute approximate surface area is 134 Å². The summed E-state index contributed by atoms with van der Waals surface area (Å²) in [5.41, 5.74) is 11.2. The van der Waals surface area contributed by atoms with Crippen LogP contribution in [0.15, 0.2) is 18.6 Å². The fourth-order valence-electron chi connectivity index (χ4n) is 2.66. The molecule has 1 saturated heterocycles. The first-order chi connectivity index (χ1) is 11.2. The van der Waals surface area contributed by atoms with E-state index in [0.29, 0.717) is 12.2 Å². The average molecular weight is 319 g/mol. The molecule has 4 rings (SSSR count). The molecule has 1 fully saturated rings. The second-order valence-electron chi connectivity index (χ2n) is 5.70. The Morgan fingerprint density at radius 2 is 2.00 bits per heavy atom. The zero-order valence-corrected chi connectivity index (χ0v) is 13.2. The fraction of sp³-hybridized carbons (Fsp3) is 0.467. The Hall–Kier alpha value is -2.19. The Balaban J connectivity index is 0.000000220. The van der Waals surface area contributed by atoms with E-state index in [1.54, 1.807) is 6.20 Å². The summed E-state index contributed by atoms with van der Waals surface area (Å²) < 4.78 is 14.5. The summed E-state index contributed by atoms with van der Waals surface area (Å²) >= 11 is 0. The first-order valence-electron chi connectivity index (χ1n) is 7.82. The van der Waals surface area contributed by atoms with Gasteiger partial charge < -0.3 is 16.1 Å². The molecule has 0 aromatic carbocycles. The van der Waals surface area contributed by atoms with Gasteiger partial charge in [-0.25, -0.2) is 14.8 Å². The minimum absolute atomic E-state index is 0.0267. The summed E-state index contributed by atoms with van der Waals surface area (Å²) in [5.74, 6) is -0.594. The summed E-state index contributed by atoms with van der Waals surface area (Å²) in [6.07, 6.45) is 8.92. The quantitative estimate of drug-likeness (QED) is 0.727. The molecule has 0 atom stereocenters. The molecule has 0 saturated carbocycles. The normalized spacial score (nSPS) is 17.8. The lowest BCUT2D eigenvalue weighted by Crippen LogP contribution is -2.23. The van der Waals surface area contributed by atoms with Crippen LogP contribution in [0, 0.1) is 5.82 Å². The molecule has 2 aromatic rings. The van der Waals surface area contributed by atoms with Gasteiger partial charge in [-0.1, -0.05) is 6.42 Å². The Kier molecular flexibility index (Phi) is 4.73. The number of halogens is 1. The summed E-state index contributed by atoms with van der Waals surface area (Å²) in [5, 5.41) is 9.19. The van der Waals surface area contributed by atoms with Crippen molar-refractivity contribution >= 4 is 17.0 Å². The third kappa shape index (κ3) is 3.43. The Bertz CT molecular complexity index is 694. The highest BCUT2D eigenvalue weighted by Gasteiger charge is 2.17. The van der Waals surface area contributed by atoms with Crippen molar-refractivity contribution in [1.82, 2.24) is 30.3 Å². The third-order valence-corrected chi connectivity index (χ3v) is 3.94. The summed E-state index contributed by atoms with van der Waals surface area (Å²) in [4.78, 5) is 4.03. The minimum Gasteiger partial charge on any atom is -0.381 e. The number of rotatable bonds is 1. The van der Waals surface area contributed by atoms with Gasteiger partial charge in [0.25, 0.3) is 0 Å². The number of nitrogens with zero attached hydrogens (tertiary/aromatic N) is 4. The molecule has 4 heterocycles. The van der Waals surface area contributed by atoms with Gasteiger partial charge in [-0.3, -0.25) is 0 Å². The lowest BCUT2D eigenvalue weighted by Gasteiger charge is -2.08. The van der Waals surface area contributed by atoms with Crippen LogP contribution < -0.4 is 16.5 Å². The molecule has 2 aliphatic heterocycles. The molecular formula is C15H22FN7. The standard InChI is InChI=1S/C10H11FN6.C5H11N/c1-16-5-6(2-14-16)7-3-15-17-9(12)8(11)4-13-10(7)17;1-2-4-6-5-3-1/h3-5,14H,2,12H2,1H3;6H,1-5H2. The largest absolute Gasteiger partial charge is 0.381 e. The molecule has 4 N–H and O–H groups in total. The second kappa shape index (κ2) is 6.93. The topological polar surface area (TPSA) is 83.5 Å². The predicted molar refractivity (Wildman–Crippen MR) is 87.8 cm³/mol. The molecule has 0 aliphatic carbocycles. The molecule has 0 bridgehead atoms. The monoisotopic (exact) mass is 319 g/mol. The predicted octanol–water partition coefficient (Wildman–Crippen LogP) is 1.00. The van der Waals surface area contributed by atoms with Crippen molar-refractivity contribution in [3.8, 4) is 0 Å². The van der Waals surface area contributed by atoms with Crippen LogP contribution in [0.2, 0.25) is 0 Å². The molecule has 124 valence electrons. The molecule has 8 heteroatoms. The van der Waals surface area contributed by atoms with Crippen LogP contribution >= 0.6 is 0 Å². The summed E-state index contributed by atoms with van der Waals surface area (Å²) in [6.45, 7) is 3.19. The highest BCUT2D eigenvalue weighted by atomic mass is 19.1. The van der Waals surface area contributed by atoms with E-state index in [4.69, 9.17) is 5.73 Å². The van der Waals surface area contributed by atoms with Crippen LogP contribution in [0.1, 0.15) is 24.8 Å². The second-order valence-corrected chi connectivity index (χ2v) is 5.70. The van der Waals surface area contributed by atoms with Crippen molar-refractivity contribution < 1.29 is 4.39 Å². The molecule has 2 aromatic heterocycles. The van der Waals surface area contributed by atoms with Gasteiger partial charge in [-0.2, -0.15) is 9.61 Å². The maximum atomic E-state index is 13.2. The van der Waals surface area contributed by atoms with Crippen molar-refractivity contribution in [2.75, 3.05) is 32.4 Å². The van der Waals surface area contributed by atoms with Crippen LogP contribution in [0.5, 0.6) is 0 Å². The van der Waals surface area contributed by atoms with E-state index in [1.807, 2.05) is 18.3 Å². The number of piperidine rings is 1. The van der Waals surface area contributed by atoms with Crippen molar-refractivity contribution in [2.45, 2.75) is 19.3 Å². The van der Waals surface area contributed by atoms with Crippen LogP contribution in [0.4, 0.5) is 10.2 Å². The Morgan fingerprint density at radius 3 is 2.57 bits per heavy atom. The summed E-state index contributed by atoms with van der Waals surface area (Å²) in [7, 11) is 1.90. The highest BCUT2D eigenvalue weighted by molar-refractivity contribution is 5.77. The highest BCUT2D eigenvalue weighted by Crippen LogP contribution is 2.23. The number of hydrazine groups is 1. The van der Waals surface area contributed by atoms with Gasteiger partial charge in [0.05, 0.1) is 12.4 Å². The van der Waals surface area contributed by atoms with Crippen LogP contribution in [-0.2, 0) is 0 Å². The van der Waals surface area contributed by atoms with Crippen molar-refractivity contribution in [2.24, 2.45) is 0 Å². The smallest absolute Gasteiger partial charge is 0.183 e. The van der Waals surface area contributed by atoms with Crippen molar-refractivity contribution in [1.29, 1.82) is 0 Å². The van der Waals surface area contributed by atoms with E-state index in [-0.39, 0.29) is 5.82 Å². The third-order valence-electron chi connectivity index (χ3n) is 3.94. The average Bonchev–Trinajstić information content (AvgIpc) is 3.19. The van der Waals surface area contributed by atoms with E-state index in [2.05, 4.69) is 20.8 Å². The maximum Gasteiger partial charge on any atom is 0.183 e. The number of nitrogens with two attached hydrogens (primary N) is 1. The van der Waals surface area contributed by atoms with Crippen molar-refractivity contribution in [3.63, 3.8) is 0 Å². The molecule has 23 heavy (non-hydrogen) atoms.